The first kappa shape index (κ1) is 23.0. The lowest BCUT2D eigenvalue weighted by Gasteiger charge is -2.20. The smallest absolute Gasteiger partial charge is 0.396 e. The van der Waals surface area contributed by atoms with Crippen molar-refractivity contribution in [3.05, 3.63) is 59.2 Å². The zero-order chi connectivity index (χ0) is 23.6. The fraction of sp³-hybridized carbons (Fsp3) is 0.375. The number of ketones is 1. The van der Waals surface area contributed by atoms with E-state index in [2.05, 4.69) is 10.3 Å². The van der Waals surface area contributed by atoms with E-state index >= 15 is 0 Å². The highest BCUT2D eigenvalue weighted by Crippen LogP contribution is 2.33. The number of carbonyl (C=O) groups excluding carboxylic acids is 2. The molecule has 1 saturated carbocycles. The second-order valence-corrected chi connectivity index (χ2v) is 8.21. The molecule has 9 heteroatoms. The lowest BCUT2D eigenvalue weighted by molar-refractivity contribution is -0.137. The molecular weight excluding hydrogens is 435 g/mol. The minimum absolute atomic E-state index is 0.0741. The molecular formula is C24H24F3N3O3. The zero-order valence-corrected chi connectivity index (χ0v) is 17.9. The molecule has 174 valence electrons. The van der Waals surface area contributed by atoms with E-state index in [1.807, 2.05) is 18.2 Å². The number of aliphatic hydroxyl groups is 1. The van der Waals surface area contributed by atoms with Crippen LogP contribution >= 0.6 is 0 Å². The van der Waals surface area contributed by atoms with E-state index in [1.165, 1.54) is 12.1 Å². The average Bonchev–Trinajstić information content (AvgIpc) is 3.13. The molecule has 0 radical (unpaired) electrons. The number of hydrogen-bond acceptors (Lipinski definition) is 4. The molecule has 1 aromatic heterocycles. The summed E-state index contributed by atoms with van der Waals surface area (Å²) < 4.78 is 40.8. The number of aromatic nitrogens is 2. The highest BCUT2D eigenvalue weighted by atomic mass is 19.4. The summed E-state index contributed by atoms with van der Waals surface area (Å²) in [6, 6.07) is 9.73. The lowest BCUT2D eigenvalue weighted by Crippen LogP contribution is -2.17. The molecule has 2 aromatic carbocycles. The van der Waals surface area contributed by atoms with Crippen LogP contribution in [0, 0.1) is 0 Å². The van der Waals surface area contributed by atoms with Gasteiger partial charge >= 0.3 is 6.18 Å². The lowest BCUT2D eigenvalue weighted by atomic mass is 9.83. The topological polar surface area (TPSA) is 84.2 Å². The Bertz CT molecular complexity index is 1190. The summed E-state index contributed by atoms with van der Waals surface area (Å²) in [7, 11) is 0. The van der Waals surface area contributed by atoms with Crippen molar-refractivity contribution in [2.24, 2.45) is 0 Å². The highest BCUT2D eigenvalue weighted by Gasteiger charge is 2.31. The number of Topliss-reactive ketones (excluding diaryl/α,β-unsaturated/α-hetero) is 1. The molecule has 1 amide bonds. The third-order valence-electron chi connectivity index (χ3n) is 5.95. The predicted molar refractivity (Wildman–Crippen MR) is 117 cm³/mol. The molecule has 0 spiro atoms. The first-order valence-electron chi connectivity index (χ1n) is 10.9. The van der Waals surface area contributed by atoms with E-state index < -0.39 is 17.6 Å². The van der Waals surface area contributed by atoms with Crippen molar-refractivity contribution < 1.29 is 27.9 Å². The fourth-order valence-corrected chi connectivity index (χ4v) is 4.26. The molecule has 0 bridgehead atoms. The number of fused-ring (bicyclic) bond motifs is 1. The van der Waals surface area contributed by atoms with Gasteiger partial charge in [-0.1, -0.05) is 18.6 Å². The van der Waals surface area contributed by atoms with E-state index in [1.54, 1.807) is 4.57 Å². The number of aliphatic hydroxyl groups excluding tert-OH is 1. The molecule has 1 atom stereocenters. The molecule has 4 rings (SSSR count). The third-order valence-corrected chi connectivity index (χ3v) is 5.95. The number of aryl methyl sites for hydroxylation is 1. The van der Waals surface area contributed by atoms with Crippen LogP contribution in [0.3, 0.4) is 0 Å². The van der Waals surface area contributed by atoms with Crippen LogP contribution < -0.4 is 5.32 Å². The maximum absolute atomic E-state index is 13.0. The maximum atomic E-state index is 13.0. The third kappa shape index (κ3) is 4.93. The maximum Gasteiger partial charge on any atom is 0.416 e. The van der Waals surface area contributed by atoms with Crippen molar-refractivity contribution >= 4 is 28.7 Å². The number of imidazole rings is 1. The number of hydrogen-bond donors (Lipinski definition) is 2. The van der Waals surface area contributed by atoms with Gasteiger partial charge in [0.25, 0.3) is 5.91 Å². The Morgan fingerprint density at radius 3 is 2.73 bits per heavy atom. The van der Waals surface area contributed by atoms with Crippen molar-refractivity contribution in [1.82, 2.24) is 9.55 Å². The number of rotatable bonds is 6. The fourth-order valence-electron chi connectivity index (χ4n) is 4.26. The molecule has 0 aliphatic heterocycles. The van der Waals surface area contributed by atoms with Gasteiger partial charge < -0.3 is 9.67 Å². The summed E-state index contributed by atoms with van der Waals surface area (Å²) in [4.78, 5) is 29.6. The van der Waals surface area contributed by atoms with Gasteiger partial charge in [-0.25, -0.2) is 4.98 Å². The van der Waals surface area contributed by atoms with E-state index in [4.69, 9.17) is 0 Å². The number of halogens is 3. The molecule has 1 unspecified atom stereocenters. The Labute approximate surface area is 188 Å². The van der Waals surface area contributed by atoms with Gasteiger partial charge in [0, 0.05) is 31.1 Å². The number of anilines is 1. The Hall–Kier alpha value is -3.20. The molecule has 0 saturated heterocycles. The van der Waals surface area contributed by atoms with Crippen molar-refractivity contribution in [1.29, 1.82) is 0 Å². The highest BCUT2D eigenvalue weighted by molar-refractivity contribution is 6.04. The molecule has 6 nitrogen and oxygen atoms in total. The summed E-state index contributed by atoms with van der Waals surface area (Å²) in [5, 5.41) is 11.9. The largest absolute Gasteiger partial charge is 0.416 e. The second-order valence-electron chi connectivity index (χ2n) is 8.21. The van der Waals surface area contributed by atoms with Gasteiger partial charge in [0.15, 0.2) is 0 Å². The summed E-state index contributed by atoms with van der Waals surface area (Å²) >= 11 is 0. The SMILES string of the molecule is O=C(Nc1nc2cc(C3CCCCC3=O)ccc2n1CCCO)c1cccc(C(F)(F)F)c1. The predicted octanol–water partition coefficient (Wildman–Crippen LogP) is 4.92. The Balaban J connectivity index is 1.67. The first-order valence-corrected chi connectivity index (χ1v) is 10.9. The number of carbonyl (C=O) groups is 2. The Kier molecular flexibility index (Phi) is 6.51. The van der Waals surface area contributed by atoms with Gasteiger partial charge in [-0.05, 0) is 55.2 Å². The van der Waals surface area contributed by atoms with Crippen LogP contribution in [0.15, 0.2) is 42.5 Å². The van der Waals surface area contributed by atoms with Gasteiger partial charge in [0.1, 0.15) is 5.78 Å². The zero-order valence-electron chi connectivity index (χ0n) is 17.9. The van der Waals surface area contributed by atoms with Gasteiger partial charge in [-0.2, -0.15) is 13.2 Å². The van der Waals surface area contributed by atoms with Crippen molar-refractivity contribution in [3.63, 3.8) is 0 Å². The average molecular weight is 459 g/mol. The van der Waals surface area contributed by atoms with E-state index in [-0.39, 0.29) is 29.8 Å². The van der Waals surface area contributed by atoms with Gasteiger partial charge in [-0.3, -0.25) is 14.9 Å². The minimum atomic E-state index is -4.56. The number of amides is 1. The van der Waals surface area contributed by atoms with Crippen LogP contribution in [0.1, 0.15) is 59.5 Å². The summed E-state index contributed by atoms with van der Waals surface area (Å²) in [6.45, 7) is 0.280. The normalized spacial score (nSPS) is 16.8. The van der Waals surface area contributed by atoms with Crippen LogP contribution in [0.25, 0.3) is 11.0 Å². The van der Waals surface area contributed by atoms with Crippen molar-refractivity contribution in [2.75, 3.05) is 11.9 Å². The van der Waals surface area contributed by atoms with Gasteiger partial charge in [0.2, 0.25) is 5.95 Å². The van der Waals surface area contributed by atoms with Crippen LogP contribution in [-0.2, 0) is 17.5 Å². The molecule has 1 heterocycles. The van der Waals surface area contributed by atoms with Crippen LogP contribution in [0.5, 0.6) is 0 Å². The summed E-state index contributed by atoms with van der Waals surface area (Å²) in [5.74, 6) is -0.510. The number of nitrogens with zero attached hydrogens (tertiary/aromatic N) is 2. The quantitative estimate of drug-likeness (QED) is 0.548. The van der Waals surface area contributed by atoms with Crippen LogP contribution in [-0.4, -0.2) is 33.0 Å². The van der Waals surface area contributed by atoms with Crippen LogP contribution in [0.2, 0.25) is 0 Å². The monoisotopic (exact) mass is 459 g/mol. The Morgan fingerprint density at radius 2 is 2.00 bits per heavy atom. The van der Waals surface area contributed by atoms with E-state index in [0.29, 0.717) is 30.4 Å². The molecule has 1 aliphatic carbocycles. The number of benzene rings is 2. The summed E-state index contributed by atoms with van der Waals surface area (Å²) in [6.07, 6.45) is -0.921. The van der Waals surface area contributed by atoms with E-state index in [9.17, 15) is 27.9 Å². The first-order chi connectivity index (χ1) is 15.8. The number of nitrogens with one attached hydrogen (secondary N) is 1. The van der Waals surface area contributed by atoms with Gasteiger partial charge in [0.05, 0.1) is 16.6 Å². The molecule has 1 fully saturated rings. The van der Waals surface area contributed by atoms with Crippen LogP contribution in [0.4, 0.5) is 19.1 Å². The molecule has 33 heavy (non-hydrogen) atoms. The second kappa shape index (κ2) is 9.35. The number of alkyl halides is 3. The summed E-state index contributed by atoms with van der Waals surface area (Å²) in [5.41, 5.74) is 1.09. The van der Waals surface area contributed by atoms with Crippen molar-refractivity contribution in [2.45, 2.75) is 50.7 Å². The minimum Gasteiger partial charge on any atom is -0.396 e. The standard InChI is InChI=1S/C24H24F3N3O3/c25-24(26,27)17-6-3-5-16(13-17)22(33)29-23-28-19-14-15(18-7-1-2-8-21(18)32)9-10-20(19)30(23)11-4-12-31/h3,5-6,9-10,13-14,18,31H,1-2,4,7-8,11-12H2,(H,28,29,33). The molecule has 1 aliphatic rings. The Morgan fingerprint density at radius 1 is 1.18 bits per heavy atom. The van der Waals surface area contributed by atoms with Crippen molar-refractivity contribution in [3.8, 4) is 0 Å². The molecule has 2 N–H and O–H groups in total. The van der Waals surface area contributed by atoms with E-state index in [0.717, 1.165) is 37.0 Å². The molecule has 3 aromatic rings. The van der Waals surface area contributed by atoms with Gasteiger partial charge in [-0.15, -0.1) is 0 Å².